The molecule has 4 rings (SSSR count). The van der Waals surface area contributed by atoms with Crippen LogP contribution in [-0.4, -0.2) is 15.1 Å². The van der Waals surface area contributed by atoms with Crippen LogP contribution in [0.15, 0.2) is 58.4 Å². The Labute approximate surface area is 150 Å². The Morgan fingerprint density at radius 1 is 0.840 bits per heavy atom. The normalized spacial score (nSPS) is 11.0. The molecule has 2 aromatic heterocycles. The SMILES string of the molecule is Cc1ccc(-c2csc(Cc3nc(-c4ccc(C)cc4)no3)n2)cc1. The zero-order valence-corrected chi connectivity index (χ0v) is 14.9. The third-order valence-electron chi connectivity index (χ3n) is 3.98. The zero-order chi connectivity index (χ0) is 17.2. The topological polar surface area (TPSA) is 51.8 Å². The predicted molar refractivity (Wildman–Crippen MR) is 99.6 cm³/mol. The number of nitrogens with zero attached hydrogens (tertiary/aromatic N) is 3. The van der Waals surface area contributed by atoms with Gasteiger partial charge in [0.1, 0.15) is 5.01 Å². The van der Waals surface area contributed by atoms with E-state index in [2.05, 4.69) is 58.6 Å². The summed E-state index contributed by atoms with van der Waals surface area (Å²) in [4.78, 5) is 9.18. The van der Waals surface area contributed by atoms with E-state index in [0.29, 0.717) is 18.1 Å². The highest BCUT2D eigenvalue weighted by molar-refractivity contribution is 7.10. The molecule has 0 aliphatic rings. The maximum absolute atomic E-state index is 5.39. The van der Waals surface area contributed by atoms with E-state index in [4.69, 9.17) is 4.52 Å². The van der Waals surface area contributed by atoms with Crippen LogP contribution in [-0.2, 0) is 6.42 Å². The van der Waals surface area contributed by atoms with Crippen LogP contribution < -0.4 is 0 Å². The van der Waals surface area contributed by atoms with Crippen molar-refractivity contribution in [2.45, 2.75) is 20.3 Å². The van der Waals surface area contributed by atoms with E-state index >= 15 is 0 Å². The van der Waals surface area contributed by atoms with Crippen LogP contribution in [0.4, 0.5) is 0 Å². The highest BCUT2D eigenvalue weighted by atomic mass is 32.1. The molecule has 5 heteroatoms. The van der Waals surface area contributed by atoms with Crippen LogP contribution in [0.2, 0.25) is 0 Å². The van der Waals surface area contributed by atoms with Crippen LogP contribution in [0.1, 0.15) is 22.0 Å². The van der Waals surface area contributed by atoms with Crippen molar-refractivity contribution in [3.8, 4) is 22.6 Å². The lowest BCUT2D eigenvalue weighted by molar-refractivity contribution is 0.385. The van der Waals surface area contributed by atoms with Gasteiger partial charge in [0.2, 0.25) is 11.7 Å². The van der Waals surface area contributed by atoms with E-state index in [-0.39, 0.29) is 0 Å². The molecule has 2 aromatic carbocycles. The first-order valence-corrected chi connectivity index (χ1v) is 8.96. The van der Waals surface area contributed by atoms with Crippen LogP contribution in [0, 0.1) is 13.8 Å². The second-order valence-corrected chi connectivity index (χ2v) is 6.99. The molecule has 0 saturated heterocycles. The Bertz CT molecular complexity index is 903. The maximum atomic E-state index is 5.39. The first kappa shape index (κ1) is 15.7. The molecule has 25 heavy (non-hydrogen) atoms. The van der Waals surface area contributed by atoms with Crippen molar-refractivity contribution >= 4 is 11.3 Å². The van der Waals surface area contributed by atoms with Crippen LogP contribution in [0.25, 0.3) is 22.6 Å². The number of hydrogen-bond donors (Lipinski definition) is 0. The quantitative estimate of drug-likeness (QED) is 0.517. The van der Waals surface area contributed by atoms with Crippen molar-refractivity contribution in [3.05, 3.63) is 75.9 Å². The molecule has 0 unspecified atom stereocenters. The number of rotatable bonds is 4. The van der Waals surface area contributed by atoms with E-state index in [9.17, 15) is 0 Å². The highest BCUT2D eigenvalue weighted by Crippen LogP contribution is 2.24. The fraction of sp³-hybridized carbons (Fsp3) is 0.150. The molecule has 0 spiro atoms. The van der Waals surface area contributed by atoms with Gasteiger partial charge in [-0.1, -0.05) is 64.8 Å². The minimum absolute atomic E-state index is 0.551. The zero-order valence-electron chi connectivity index (χ0n) is 14.1. The van der Waals surface area contributed by atoms with Gasteiger partial charge in [-0.05, 0) is 13.8 Å². The Balaban J connectivity index is 1.51. The molecule has 0 N–H and O–H groups in total. The second-order valence-electron chi connectivity index (χ2n) is 6.05. The van der Waals surface area contributed by atoms with E-state index in [1.165, 1.54) is 11.1 Å². The fourth-order valence-corrected chi connectivity index (χ4v) is 3.32. The van der Waals surface area contributed by atoms with Crippen molar-refractivity contribution in [3.63, 3.8) is 0 Å². The minimum Gasteiger partial charge on any atom is -0.339 e. The second kappa shape index (κ2) is 6.61. The first-order chi connectivity index (χ1) is 12.2. The number of benzene rings is 2. The Morgan fingerprint density at radius 3 is 2.16 bits per heavy atom. The minimum atomic E-state index is 0.551. The molecular weight excluding hydrogens is 330 g/mol. The molecule has 4 aromatic rings. The van der Waals surface area contributed by atoms with Gasteiger partial charge in [-0.2, -0.15) is 4.98 Å². The number of thiazole rings is 1. The van der Waals surface area contributed by atoms with Gasteiger partial charge in [0.25, 0.3) is 0 Å². The summed E-state index contributed by atoms with van der Waals surface area (Å²) in [7, 11) is 0. The van der Waals surface area contributed by atoms with Crippen molar-refractivity contribution in [1.82, 2.24) is 15.1 Å². The molecule has 0 bridgehead atoms. The van der Waals surface area contributed by atoms with Crippen molar-refractivity contribution in [2.24, 2.45) is 0 Å². The lowest BCUT2D eigenvalue weighted by atomic mass is 10.1. The monoisotopic (exact) mass is 347 g/mol. The smallest absolute Gasteiger partial charge is 0.233 e. The maximum Gasteiger partial charge on any atom is 0.233 e. The van der Waals surface area contributed by atoms with Gasteiger partial charge in [-0.25, -0.2) is 4.98 Å². The van der Waals surface area contributed by atoms with Crippen molar-refractivity contribution in [1.29, 1.82) is 0 Å². The fourth-order valence-electron chi connectivity index (χ4n) is 2.52. The molecule has 0 atom stereocenters. The summed E-state index contributed by atoms with van der Waals surface area (Å²) >= 11 is 1.61. The van der Waals surface area contributed by atoms with E-state index < -0.39 is 0 Å². The molecule has 4 nitrogen and oxygen atoms in total. The van der Waals surface area contributed by atoms with Gasteiger partial charge in [0.15, 0.2) is 0 Å². The van der Waals surface area contributed by atoms with Gasteiger partial charge >= 0.3 is 0 Å². The Morgan fingerprint density at radius 2 is 1.48 bits per heavy atom. The molecule has 0 aliphatic carbocycles. The van der Waals surface area contributed by atoms with Gasteiger partial charge in [-0.15, -0.1) is 11.3 Å². The first-order valence-electron chi connectivity index (χ1n) is 8.08. The summed E-state index contributed by atoms with van der Waals surface area (Å²) in [5, 5.41) is 7.11. The van der Waals surface area contributed by atoms with Crippen LogP contribution in [0.5, 0.6) is 0 Å². The summed E-state index contributed by atoms with van der Waals surface area (Å²) in [6.45, 7) is 4.14. The number of hydrogen-bond acceptors (Lipinski definition) is 5. The molecule has 0 aliphatic heterocycles. The van der Waals surface area contributed by atoms with Crippen molar-refractivity contribution in [2.75, 3.05) is 0 Å². The summed E-state index contributed by atoms with van der Waals surface area (Å²) in [6, 6.07) is 16.5. The molecule has 124 valence electrons. The van der Waals surface area contributed by atoms with Crippen LogP contribution >= 0.6 is 11.3 Å². The van der Waals surface area contributed by atoms with Crippen molar-refractivity contribution < 1.29 is 4.52 Å². The number of aromatic nitrogens is 3. The van der Waals surface area contributed by atoms with E-state index in [0.717, 1.165) is 21.8 Å². The molecule has 0 radical (unpaired) electrons. The average molecular weight is 347 g/mol. The molecular formula is C20H17N3OS. The number of aryl methyl sites for hydroxylation is 2. The molecule has 2 heterocycles. The van der Waals surface area contributed by atoms with E-state index in [1.807, 2.05) is 24.3 Å². The third-order valence-corrected chi connectivity index (χ3v) is 4.83. The summed E-state index contributed by atoms with van der Waals surface area (Å²) in [6.07, 6.45) is 0.551. The van der Waals surface area contributed by atoms with Crippen LogP contribution in [0.3, 0.4) is 0 Å². The largest absolute Gasteiger partial charge is 0.339 e. The Hall–Kier alpha value is -2.79. The Kier molecular flexibility index (Phi) is 4.15. The highest BCUT2D eigenvalue weighted by Gasteiger charge is 2.12. The average Bonchev–Trinajstić information content (AvgIpc) is 3.27. The van der Waals surface area contributed by atoms with Gasteiger partial charge < -0.3 is 4.52 Å². The summed E-state index contributed by atoms with van der Waals surface area (Å²) < 4.78 is 5.39. The lowest BCUT2D eigenvalue weighted by Gasteiger charge is -1.97. The third kappa shape index (κ3) is 3.51. The predicted octanol–water partition coefficient (Wildman–Crippen LogP) is 5.07. The van der Waals surface area contributed by atoms with Gasteiger partial charge in [-0.3, -0.25) is 0 Å². The lowest BCUT2D eigenvalue weighted by Crippen LogP contribution is -1.88. The molecule has 0 amide bonds. The van der Waals surface area contributed by atoms with Gasteiger partial charge in [0.05, 0.1) is 12.1 Å². The summed E-state index contributed by atoms with van der Waals surface area (Å²) in [5.41, 5.74) is 5.52. The molecule has 0 fully saturated rings. The van der Waals surface area contributed by atoms with Gasteiger partial charge in [0, 0.05) is 16.5 Å². The standard InChI is InChI=1S/C20H17N3OS/c1-13-3-7-15(8-4-13)17-12-25-19(21-17)11-18-22-20(23-24-18)16-9-5-14(2)6-10-16/h3-10,12H,11H2,1-2H3. The molecule has 0 saturated carbocycles. The summed E-state index contributed by atoms with van der Waals surface area (Å²) in [5.74, 6) is 1.20. The van der Waals surface area contributed by atoms with E-state index in [1.54, 1.807) is 11.3 Å².